The molecule has 3 nitrogen and oxygen atoms in total. The van der Waals surface area contributed by atoms with Crippen LogP contribution in [0.25, 0.3) is 10.8 Å². The third-order valence-electron chi connectivity index (χ3n) is 4.19. The maximum atomic E-state index is 12.0. The van der Waals surface area contributed by atoms with E-state index in [-0.39, 0.29) is 5.92 Å². The van der Waals surface area contributed by atoms with Gasteiger partial charge in [0.1, 0.15) is 5.69 Å². The molecule has 24 heavy (non-hydrogen) atoms. The molecule has 3 aromatic carbocycles. The van der Waals surface area contributed by atoms with Gasteiger partial charge < -0.3 is 4.52 Å². The van der Waals surface area contributed by atoms with E-state index in [2.05, 4.69) is 29.4 Å². The Hall–Kier alpha value is -3.20. The van der Waals surface area contributed by atoms with Crippen molar-refractivity contribution >= 4 is 10.8 Å². The summed E-state index contributed by atoms with van der Waals surface area (Å²) < 4.78 is 5.09. The summed E-state index contributed by atoms with van der Waals surface area (Å²) in [6.45, 7) is 0. The standard InChI is InChI=1S/C21H15NO2/c23-21-18-14-8-7-13-17(18)20(22-24-21)19(15-9-3-1-4-10-15)16-11-5-2-6-12-16/h1-14,19H. The molecule has 0 aliphatic rings. The van der Waals surface area contributed by atoms with E-state index >= 15 is 0 Å². The van der Waals surface area contributed by atoms with Gasteiger partial charge in [-0.05, 0) is 17.2 Å². The monoisotopic (exact) mass is 313 g/mol. The lowest BCUT2D eigenvalue weighted by atomic mass is 9.86. The largest absolute Gasteiger partial charge is 0.366 e. The zero-order valence-electron chi connectivity index (χ0n) is 12.9. The van der Waals surface area contributed by atoms with E-state index in [0.717, 1.165) is 22.2 Å². The number of hydrogen-bond donors (Lipinski definition) is 0. The minimum Gasteiger partial charge on any atom is -0.312 e. The molecule has 0 aliphatic carbocycles. The first-order chi connectivity index (χ1) is 11.8. The van der Waals surface area contributed by atoms with Gasteiger partial charge in [0.15, 0.2) is 0 Å². The van der Waals surface area contributed by atoms with Gasteiger partial charge in [0.05, 0.1) is 11.3 Å². The molecular weight excluding hydrogens is 298 g/mol. The molecule has 1 heterocycles. The first kappa shape index (κ1) is 14.4. The van der Waals surface area contributed by atoms with Crippen LogP contribution in [-0.2, 0) is 0 Å². The number of nitrogens with zero attached hydrogens (tertiary/aromatic N) is 1. The summed E-state index contributed by atoms with van der Waals surface area (Å²) in [6.07, 6.45) is 0. The average Bonchev–Trinajstić information content (AvgIpc) is 2.66. The maximum absolute atomic E-state index is 12.0. The third-order valence-corrected chi connectivity index (χ3v) is 4.19. The van der Waals surface area contributed by atoms with E-state index in [1.807, 2.05) is 54.6 Å². The van der Waals surface area contributed by atoms with Crippen LogP contribution in [0.1, 0.15) is 22.7 Å². The Balaban J connectivity index is 2.02. The Morgan fingerprint density at radius 2 is 1.17 bits per heavy atom. The van der Waals surface area contributed by atoms with Crippen molar-refractivity contribution in [2.24, 2.45) is 0 Å². The van der Waals surface area contributed by atoms with E-state index in [4.69, 9.17) is 4.52 Å². The summed E-state index contributed by atoms with van der Waals surface area (Å²) in [6, 6.07) is 27.7. The minimum atomic E-state index is -0.408. The highest BCUT2D eigenvalue weighted by atomic mass is 16.5. The lowest BCUT2D eigenvalue weighted by Crippen LogP contribution is -2.11. The van der Waals surface area contributed by atoms with Crippen LogP contribution in [0.3, 0.4) is 0 Å². The summed E-state index contributed by atoms with van der Waals surface area (Å²) in [7, 11) is 0. The molecule has 0 atom stereocenters. The molecule has 4 rings (SSSR count). The van der Waals surface area contributed by atoms with Gasteiger partial charge >= 0.3 is 5.63 Å². The Morgan fingerprint density at radius 1 is 0.667 bits per heavy atom. The smallest absolute Gasteiger partial charge is 0.312 e. The Bertz CT molecular complexity index is 984. The Morgan fingerprint density at radius 3 is 1.75 bits per heavy atom. The highest BCUT2D eigenvalue weighted by Gasteiger charge is 2.22. The molecule has 0 saturated heterocycles. The summed E-state index contributed by atoms with van der Waals surface area (Å²) in [5, 5.41) is 5.55. The van der Waals surface area contributed by atoms with Crippen LogP contribution in [0, 0.1) is 0 Å². The van der Waals surface area contributed by atoms with Gasteiger partial charge in [0.25, 0.3) is 0 Å². The lowest BCUT2D eigenvalue weighted by Gasteiger charge is -2.18. The van der Waals surface area contributed by atoms with Crippen molar-refractivity contribution in [2.75, 3.05) is 0 Å². The molecule has 0 fully saturated rings. The van der Waals surface area contributed by atoms with E-state index in [1.54, 1.807) is 6.07 Å². The van der Waals surface area contributed by atoms with Crippen LogP contribution < -0.4 is 5.63 Å². The highest BCUT2D eigenvalue weighted by Crippen LogP contribution is 2.33. The fraction of sp³-hybridized carbons (Fsp3) is 0.0476. The van der Waals surface area contributed by atoms with Crippen molar-refractivity contribution in [2.45, 2.75) is 5.92 Å². The molecule has 4 aromatic rings. The van der Waals surface area contributed by atoms with Crippen molar-refractivity contribution in [1.29, 1.82) is 0 Å². The van der Waals surface area contributed by atoms with E-state index in [9.17, 15) is 4.79 Å². The molecule has 0 radical (unpaired) electrons. The van der Waals surface area contributed by atoms with Gasteiger partial charge in [-0.25, -0.2) is 4.79 Å². The second kappa shape index (κ2) is 6.13. The van der Waals surface area contributed by atoms with E-state index in [1.165, 1.54) is 0 Å². The van der Waals surface area contributed by atoms with Gasteiger partial charge in [0, 0.05) is 5.39 Å². The topological polar surface area (TPSA) is 43.1 Å². The molecule has 1 aromatic heterocycles. The number of benzene rings is 3. The number of rotatable bonds is 3. The van der Waals surface area contributed by atoms with Gasteiger partial charge in [-0.15, -0.1) is 0 Å². The maximum Gasteiger partial charge on any atom is 0.366 e. The third kappa shape index (κ3) is 2.50. The fourth-order valence-electron chi connectivity index (χ4n) is 3.08. The molecule has 0 N–H and O–H groups in total. The van der Waals surface area contributed by atoms with Crippen LogP contribution in [0.15, 0.2) is 94.2 Å². The SMILES string of the molecule is O=c1onc(C(c2ccccc2)c2ccccc2)c2ccccc12. The zero-order chi connectivity index (χ0) is 16.4. The second-order valence-electron chi connectivity index (χ2n) is 5.66. The molecular formula is C21H15NO2. The number of aromatic nitrogens is 1. The highest BCUT2D eigenvalue weighted by molar-refractivity contribution is 5.84. The molecule has 3 heteroatoms. The molecule has 0 unspecified atom stereocenters. The molecule has 0 spiro atoms. The minimum absolute atomic E-state index is 0.0957. The van der Waals surface area contributed by atoms with Crippen LogP contribution >= 0.6 is 0 Å². The van der Waals surface area contributed by atoms with Crippen molar-refractivity contribution in [3.05, 3.63) is 112 Å². The number of fused-ring (bicyclic) bond motifs is 1. The normalized spacial score (nSPS) is 11.0. The van der Waals surface area contributed by atoms with Gasteiger partial charge in [-0.3, -0.25) is 0 Å². The van der Waals surface area contributed by atoms with Crippen molar-refractivity contribution in [3.8, 4) is 0 Å². The van der Waals surface area contributed by atoms with Crippen LogP contribution in [0.2, 0.25) is 0 Å². The van der Waals surface area contributed by atoms with Crippen molar-refractivity contribution < 1.29 is 4.52 Å². The summed E-state index contributed by atoms with van der Waals surface area (Å²) in [5.74, 6) is -0.0957. The number of hydrogen-bond acceptors (Lipinski definition) is 3. The molecule has 0 amide bonds. The van der Waals surface area contributed by atoms with Crippen LogP contribution in [-0.4, -0.2) is 5.16 Å². The Kier molecular flexibility index (Phi) is 3.67. The van der Waals surface area contributed by atoms with Gasteiger partial charge in [0.2, 0.25) is 0 Å². The Labute approximate surface area is 139 Å². The van der Waals surface area contributed by atoms with Crippen molar-refractivity contribution in [3.63, 3.8) is 0 Å². The fourth-order valence-corrected chi connectivity index (χ4v) is 3.08. The van der Waals surface area contributed by atoms with Gasteiger partial charge in [-0.2, -0.15) is 0 Å². The first-order valence-corrected chi connectivity index (χ1v) is 7.83. The predicted octanol–water partition coefficient (Wildman–Crippen LogP) is 4.37. The van der Waals surface area contributed by atoms with Gasteiger partial charge in [-0.1, -0.05) is 84.0 Å². The van der Waals surface area contributed by atoms with E-state index < -0.39 is 5.63 Å². The average molecular weight is 313 g/mol. The molecule has 0 bridgehead atoms. The molecule has 0 aliphatic heterocycles. The van der Waals surface area contributed by atoms with E-state index in [0.29, 0.717) is 5.39 Å². The summed E-state index contributed by atoms with van der Waals surface area (Å²) in [5.41, 5.74) is 2.56. The van der Waals surface area contributed by atoms with Crippen molar-refractivity contribution in [1.82, 2.24) is 5.16 Å². The summed E-state index contributed by atoms with van der Waals surface area (Å²) >= 11 is 0. The zero-order valence-corrected chi connectivity index (χ0v) is 12.9. The summed E-state index contributed by atoms with van der Waals surface area (Å²) in [4.78, 5) is 12.0. The predicted molar refractivity (Wildman–Crippen MR) is 94.1 cm³/mol. The van der Waals surface area contributed by atoms with Crippen LogP contribution in [0.5, 0.6) is 0 Å². The first-order valence-electron chi connectivity index (χ1n) is 7.83. The quantitative estimate of drug-likeness (QED) is 0.564. The molecule has 116 valence electrons. The second-order valence-corrected chi connectivity index (χ2v) is 5.66. The molecule has 0 saturated carbocycles. The van der Waals surface area contributed by atoms with Crippen LogP contribution in [0.4, 0.5) is 0 Å². The lowest BCUT2D eigenvalue weighted by molar-refractivity contribution is 0.366.